The van der Waals surface area contributed by atoms with Crippen LogP contribution in [0.25, 0.3) is 0 Å². The summed E-state index contributed by atoms with van der Waals surface area (Å²) in [5.41, 5.74) is 0.674. The molecule has 1 atom stereocenters. The fraction of sp³-hybridized carbons (Fsp3) is 0.250. The monoisotopic (exact) mass is 331 g/mol. The maximum absolute atomic E-state index is 11.7. The van der Waals surface area contributed by atoms with Crippen LogP contribution in [0.1, 0.15) is 23.0 Å². The third-order valence-corrected chi connectivity index (χ3v) is 2.89. The Balaban J connectivity index is 1.74. The van der Waals surface area contributed by atoms with Gasteiger partial charge in [-0.1, -0.05) is 30.3 Å². The summed E-state index contributed by atoms with van der Waals surface area (Å²) in [5.74, 6) is -1.12. The lowest BCUT2D eigenvalue weighted by molar-refractivity contribution is 0.0688. The molecule has 1 aromatic heterocycles. The first-order valence-electron chi connectivity index (χ1n) is 7.20. The van der Waals surface area contributed by atoms with Gasteiger partial charge in [0.15, 0.2) is 5.69 Å². The van der Waals surface area contributed by atoms with E-state index in [2.05, 4.69) is 15.3 Å². The predicted molar refractivity (Wildman–Crippen MR) is 83.7 cm³/mol. The molecule has 1 amide bonds. The molecule has 2 N–H and O–H groups in total. The molecule has 126 valence electrons. The van der Waals surface area contributed by atoms with Gasteiger partial charge < -0.3 is 19.9 Å². The second kappa shape index (κ2) is 8.47. The highest BCUT2D eigenvalue weighted by atomic mass is 16.5. The molecular weight excluding hydrogens is 314 g/mol. The van der Waals surface area contributed by atoms with Crippen LogP contribution in [0.3, 0.4) is 0 Å². The highest BCUT2D eigenvalue weighted by Gasteiger charge is 2.11. The number of carboxylic acid groups (broad SMARTS) is 1. The minimum Gasteiger partial charge on any atom is -0.476 e. The van der Waals surface area contributed by atoms with E-state index in [1.807, 2.05) is 30.3 Å². The van der Waals surface area contributed by atoms with Gasteiger partial charge in [-0.2, -0.15) is 0 Å². The smallest absolute Gasteiger partial charge is 0.407 e. The van der Waals surface area contributed by atoms with Crippen molar-refractivity contribution in [3.63, 3.8) is 0 Å². The fourth-order valence-corrected chi connectivity index (χ4v) is 1.74. The van der Waals surface area contributed by atoms with Gasteiger partial charge in [-0.25, -0.2) is 14.6 Å². The SMILES string of the molecule is CC(COc1cncc(C(=O)O)n1)NC(=O)OCc1ccccc1. The van der Waals surface area contributed by atoms with Gasteiger partial charge in [0.2, 0.25) is 5.88 Å². The van der Waals surface area contributed by atoms with Crippen LogP contribution in [0.4, 0.5) is 4.79 Å². The van der Waals surface area contributed by atoms with E-state index in [9.17, 15) is 9.59 Å². The fourth-order valence-electron chi connectivity index (χ4n) is 1.74. The minimum atomic E-state index is -1.19. The number of nitrogens with one attached hydrogen (secondary N) is 1. The molecule has 24 heavy (non-hydrogen) atoms. The van der Waals surface area contributed by atoms with Crippen LogP contribution >= 0.6 is 0 Å². The average Bonchev–Trinajstić information content (AvgIpc) is 2.59. The van der Waals surface area contributed by atoms with Gasteiger partial charge >= 0.3 is 12.1 Å². The Labute approximate surface area is 138 Å². The molecule has 8 nitrogen and oxygen atoms in total. The van der Waals surface area contributed by atoms with E-state index in [1.54, 1.807) is 6.92 Å². The zero-order valence-corrected chi connectivity index (χ0v) is 13.0. The van der Waals surface area contributed by atoms with Gasteiger partial charge in [0, 0.05) is 0 Å². The Morgan fingerprint density at radius 2 is 2.00 bits per heavy atom. The van der Waals surface area contributed by atoms with Gasteiger partial charge in [0.25, 0.3) is 0 Å². The van der Waals surface area contributed by atoms with Crippen LogP contribution in [-0.2, 0) is 11.3 Å². The van der Waals surface area contributed by atoms with E-state index in [0.717, 1.165) is 11.8 Å². The molecule has 1 unspecified atom stereocenters. The van der Waals surface area contributed by atoms with Crippen molar-refractivity contribution in [2.24, 2.45) is 0 Å². The summed E-state index contributed by atoms with van der Waals surface area (Å²) in [5, 5.41) is 11.4. The number of alkyl carbamates (subject to hydrolysis) is 1. The third kappa shape index (κ3) is 5.56. The molecule has 8 heteroatoms. The first-order chi connectivity index (χ1) is 11.5. The van der Waals surface area contributed by atoms with E-state index >= 15 is 0 Å². The molecular formula is C16H17N3O5. The van der Waals surface area contributed by atoms with E-state index in [4.69, 9.17) is 14.6 Å². The van der Waals surface area contributed by atoms with Crippen LogP contribution in [0.15, 0.2) is 42.7 Å². The number of benzene rings is 1. The average molecular weight is 331 g/mol. The molecule has 0 spiro atoms. The molecule has 0 fully saturated rings. The number of hydrogen-bond acceptors (Lipinski definition) is 6. The maximum atomic E-state index is 11.7. The summed E-state index contributed by atoms with van der Waals surface area (Å²) < 4.78 is 10.4. The van der Waals surface area contributed by atoms with Gasteiger partial charge in [-0.05, 0) is 12.5 Å². The zero-order chi connectivity index (χ0) is 17.4. The number of ether oxygens (including phenoxy) is 2. The van der Waals surface area contributed by atoms with Crippen molar-refractivity contribution in [3.05, 3.63) is 54.0 Å². The second-order valence-corrected chi connectivity index (χ2v) is 4.97. The highest BCUT2D eigenvalue weighted by Crippen LogP contribution is 2.06. The predicted octanol–water partition coefficient (Wildman–Crippen LogP) is 1.87. The summed E-state index contributed by atoms with van der Waals surface area (Å²) in [6.45, 7) is 1.99. The summed E-state index contributed by atoms with van der Waals surface area (Å²) in [7, 11) is 0. The number of rotatable bonds is 7. The third-order valence-electron chi connectivity index (χ3n) is 2.89. The summed E-state index contributed by atoms with van der Waals surface area (Å²) in [6.07, 6.45) is 1.85. The van der Waals surface area contributed by atoms with Gasteiger partial charge in [0.1, 0.15) is 13.2 Å². The van der Waals surface area contributed by atoms with Crippen molar-refractivity contribution in [1.82, 2.24) is 15.3 Å². The van der Waals surface area contributed by atoms with E-state index in [1.165, 1.54) is 6.20 Å². The van der Waals surface area contributed by atoms with Crippen molar-refractivity contribution < 1.29 is 24.2 Å². The molecule has 0 aliphatic rings. The zero-order valence-electron chi connectivity index (χ0n) is 13.0. The molecule has 2 rings (SSSR count). The molecule has 0 saturated heterocycles. The standard InChI is InChI=1S/C16H17N3O5/c1-11(9-23-14-8-17-7-13(19-14)15(20)21)18-16(22)24-10-12-5-3-2-4-6-12/h2-8,11H,9-10H2,1H3,(H,18,22)(H,20,21). The highest BCUT2D eigenvalue weighted by molar-refractivity contribution is 5.84. The van der Waals surface area contributed by atoms with Crippen LogP contribution in [-0.4, -0.2) is 39.8 Å². The Hall–Kier alpha value is -3.16. The van der Waals surface area contributed by atoms with Crippen molar-refractivity contribution in [2.45, 2.75) is 19.6 Å². The van der Waals surface area contributed by atoms with Crippen molar-refractivity contribution in [3.8, 4) is 5.88 Å². The van der Waals surface area contributed by atoms with Crippen molar-refractivity contribution >= 4 is 12.1 Å². The van der Waals surface area contributed by atoms with Crippen LogP contribution in [0.5, 0.6) is 5.88 Å². The largest absolute Gasteiger partial charge is 0.476 e. The first kappa shape index (κ1) is 17.2. The lowest BCUT2D eigenvalue weighted by atomic mass is 10.2. The number of carbonyl (C=O) groups is 2. The second-order valence-electron chi connectivity index (χ2n) is 4.97. The normalized spacial score (nSPS) is 11.4. The van der Waals surface area contributed by atoms with E-state index in [-0.39, 0.29) is 30.8 Å². The molecule has 0 aliphatic heterocycles. The van der Waals surface area contributed by atoms with E-state index in [0.29, 0.717) is 0 Å². The Morgan fingerprint density at radius 3 is 2.71 bits per heavy atom. The maximum Gasteiger partial charge on any atom is 0.407 e. The number of carbonyl (C=O) groups excluding carboxylic acids is 1. The van der Waals surface area contributed by atoms with Crippen LogP contribution in [0.2, 0.25) is 0 Å². The number of nitrogens with zero attached hydrogens (tertiary/aromatic N) is 2. The van der Waals surface area contributed by atoms with E-state index < -0.39 is 12.1 Å². The molecule has 1 aromatic carbocycles. The summed E-state index contributed by atoms with van der Waals surface area (Å²) >= 11 is 0. The number of aromatic carboxylic acids is 1. The number of hydrogen-bond donors (Lipinski definition) is 2. The molecule has 0 aliphatic carbocycles. The van der Waals surface area contributed by atoms with Crippen molar-refractivity contribution in [1.29, 1.82) is 0 Å². The Morgan fingerprint density at radius 1 is 1.25 bits per heavy atom. The Kier molecular flexibility index (Phi) is 6.07. The molecule has 0 radical (unpaired) electrons. The summed E-state index contributed by atoms with van der Waals surface area (Å²) in [4.78, 5) is 30.0. The van der Waals surface area contributed by atoms with Crippen molar-refractivity contribution in [2.75, 3.05) is 6.61 Å². The van der Waals surface area contributed by atoms with Gasteiger partial charge in [-0.15, -0.1) is 0 Å². The topological polar surface area (TPSA) is 111 Å². The van der Waals surface area contributed by atoms with Gasteiger partial charge in [0.05, 0.1) is 18.4 Å². The molecule has 1 heterocycles. The van der Waals surface area contributed by atoms with Crippen LogP contribution in [0, 0.1) is 0 Å². The minimum absolute atomic E-state index is 0.0706. The summed E-state index contributed by atoms with van der Waals surface area (Å²) in [6, 6.07) is 8.95. The molecule has 2 aromatic rings. The lowest BCUT2D eigenvalue weighted by Crippen LogP contribution is -2.37. The lowest BCUT2D eigenvalue weighted by Gasteiger charge is -2.14. The number of aromatic nitrogens is 2. The Bertz CT molecular complexity index is 693. The van der Waals surface area contributed by atoms with Crippen LogP contribution < -0.4 is 10.1 Å². The number of carboxylic acids is 1. The first-order valence-corrected chi connectivity index (χ1v) is 7.20. The molecule has 0 bridgehead atoms. The van der Waals surface area contributed by atoms with Gasteiger partial charge in [-0.3, -0.25) is 4.98 Å². The number of amides is 1. The molecule has 0 saturated carbocycles. The quantitative estimate of drug-likeness (QED) is 0.796.